The fraction of sp³-hybridized carbons (Fsp3) is 0.333. The molecule has 16 heavy (non-hydrogen) atoms. The average molecular weight is 222 g/mol. The van der Waals surface area contributed by atoms with Gasteiger partial charge in [0, 0.05) is 13.2 Å². The Labute approximate surface area is 90.8 Å². The Morgan fingerprint density at radius 3 is 2.88 bits per heavy atom. The average Bonchev–Trinajstić information content (AvgIpc) is 2.74. The molecule has 1 aliphatic rings. The van der Waals surface area contributed by atoms with Crippen LogP contribution in [-0.2, 0) is 16.6 Å². The van der Waals surface area contributed by atoms with E-state index in [0.717, 1.165) is 0 Å². The van der Waals surface area contributed by atoms with E-state index in [0.29, 0.717) is 5.56 Å². The van der Waals surface area contributed by atoms with Gasteiger partial charge < -0.3 is 5.32 Å². The second-order valence-electron chi connectivity index (χ2n) is 3.55. The third kappa shape index (κ3) is 1.92. The van der Waals surface area contributed by atoms with Crippen LogP contribution in [0.2, 0.25) is 0 Å². The number of nitrogens with zero attached hydrogens (tertiary/aromatic N) is 2. The minimum atomic E-state index is -0.778. The molecule has 2 rings (SSSR count). The molecule has 7 heteroatoms. The molecule has 1 saturated heterocycles. The van der Waals surface area contributed by atoms with Crippen LogP contribution in [-0.4, -0.2) is 33.5 Å². The van der Waals surface area contributed by atoms with Crippen LogP contribution in [0.3, 0.4) is 0 Å². The number of hydrogen-bond donors (Lipinski definition) is 2. The number of nitrogens with one attached hydrogen (secondary N) is 2. The molecule has 0 aliphatic carbocycles. The topological polar surface area (TPSA) is 93.1 Å². The summed E-state index contributed by atoms with van der Waals surface area (Å²) in [6.07, 6.45) is 2.92. The van der Waals surface area contributed by atoms with Crippen molar-refractivity contribution in [3.8, 4) is 0 Å². The summed E-state index contributed by atoms with van der Waals surface area (Å²) in [6, 6.07) is -0.778. The number of carbonyl (C=O) groups excluding carboxylic acids is 3. The summed E-state index contributed by atoms with van der Waals surface area (Å²) in [6.45, 7) is 0. The third-order valence-corrected chi connectivity index (χ3v) is 2.24. The van der Waals surface area contributed by atoms with Gasteiger partial charge in [0.25, 0.3) is 5.91 Å². The second kappa shape index (κ2) is 3.76. The van der Waals surface area contributed by atoms with Crippen molar-refractivity contribution in [2.75, 3.05) is 0 Å². The Balaban J connectivity index is 2.03. The van der Waals surface area contributed by atoms with E-state index < -0.39 is 17.9 Å². The molecule has 84 valence electrons. The smallest absolute Gasteiger partial charge is 0.255 e. The lowest BCUT2D eigenvalue weighted by Gasteiger charge is -2.07. The van der Waals surface area contributed by atoms with Crippen molar-refractivity contribution in [2.24, 2.45) is 7.05 Å². The Hall–Kier alpha value is -2.18. The third-order valence-electron chi connectivity index (χ3n) is 2.24. The number of amides is 3. The first kappa shape index (κ1) is 10.3. The summed E-state index contributed by atoms with van der Waals surface area (Å²) in [4.78, 5) is 33.7. The first-order valence-corrected chi connectivity index (χ1v) is 4.69. The monoisotopic (exact) mass is 222 g/mol. The van der Waals surface area contributed by atoms with Gasteiger partial charge in [0.2, 0.25) is 11.8 Å². The van der Waals surface area contributed by atoms with Crippen LogP contribution in [0.25, 0.3) is 0 Å². The molecule has 3 amide bonds. The molecule has 1 unspecified atom stereocenters. The largest absolute Gasteiger partial charge is 0.340 e. The fourth-order valence-electron chi connectivity index (χ4n) is 1.45. The van der Waals surface area contributed by atoms with Crippen molar-refractivity contribution >= 4 is 17.7 Å². The van der Waals surface area contributed by atoms with Crippen LogP contribution in [0.15, 0.2) is 12.4 Å². The van der Waals surface area contributed by atoms with Gasteiger partial charge in [-0.05, 0) is 0 Å². The maximum atomic E-state index is 11.6. The normalized spacial score (nSPS) is 19.7. The van der Waals surface area contributed by atoms with Crippen molar-refractivity contribution in [1.29, 1.82) is 0 Å². The number of hydrogen-bond acceptors (Lipinski definition) is 4. The van der Waals surface area contributed by atoms with Crippen LogP contribution in [0.1, 0.15) is 16.8 Å². The molecule has 0 saturated carbocycles. The molecule has 0 spiro atoms. The number of aryl methyl sites for hydroxylation is 1. The predicted molar refractivity (Wildman–Crippen MR) is 52.2 cm³/mol. The molecule has 0 radical (unpaired) electrons. The van der Waals surface area contributed by atoms with Crippen LogP contribution in [0.4, 0.5) is 0 Å². The molecule has 0 bridgehead atoms. The van der Waals surface area contributed by atoms with Crippen molar-refractivity contribution in [2.45, 2.75) is 12.5 Å². The summed E-state index contributed by atoms with van der Waals surface area (Å²) in [7, 11) is 1.68. The van der Waals surface area contributed by atoms with Gasteiger partial charge in [-0.3, -0.25) is 24.4 Å². The van der Waals surface area contributed by atoms with Gasteiger partial charge in [-0.2, -0.15) is 5.10 Å². The highest BCUT2D eigenvalue weighted by Gasteiger charge is 2.31. The molecule has 1 aromatic rings. The van der Waals surface area contributed by atoms with E-state index in [1.54, 1.807) is 7.05 Å². The molecule has 2 heterocycles. The quantitative estimate of drug-likeness (QED) is 0.600. The van der Waals surface area contributed by atoms with Gasteiger partial charge in [-0.1, -0.05) is 0 Å². The van der Waals surface area contributed by atoms with E-state index in [-0.39, 0.29) is 12.3 Å². The first-order valence-electron chi connectivity index (χ1n) is 4.69. The maximum absolute atomic E-state index is 11.6. The standard InChI is InChI=1S/C9H10N4O3/c1-13-4-5(3-10-13)8(15)11-6-2-7(14)12-9(6)16/h3-4,6H,2H2,1H3,(H,11,15)(H,12,14,16). The highest BCUT2D eigenvalue weighted by molar-refractivity contribution is 6.08. The van der Waals surface area contributed by atoms with Gasteiger partial charge in [-0.25, -0.2) is 0 Å². The van der Waals surface area contributed by atoms with Crippen molar-refractivity contribution < 1.29 is 14.4 Å². The van der Waals surface area contributed by atoms with Crippen molar-refractivity contribution in [1.82, 2.24) is 20.4 Å². The zero-order valence-electron chi connectivity index (χ0n) is 8.56. The summed E-state index contributed by atoms with van der Waals surface area (Å²) >= 11 is 0. The molecule has 2 N–H and O–H groups in total. The molecular weight excluding hydrogens is 212 g/mol. The van der Waals surface area contributed by atoms with Gasteiger partial charge >= 0.3 is 0 Å². The van der Waals surface area contributed by atoms with E-state index in [2.05, 4.69) is 15.7 Å². The predicted octanol–water partition coefficient (Wildman–Crippen LogP) is -1.43. The Morgan fingerprint density at radius 2 is 2.38 bits per heavy atom. The lowest BCUT2D eigenvalue weighted by atomic mass is 10.2. The zero-order valence-corrected chi connectivity index (χ0v) is 8.56. The van der Waals surface area contributed by atoms with Gasteiger partial charge in [0.1, 0.15) is 6.04 Å². The van der Waals surface area contributed by atoms with Crippen molar-refractivity contribution in [3.05, 3.63) is 18.0 Å². The zero-order chi connectivity index (χ0) is 11.7. The van der Waals surface area contributed by atoms with Crippen LogP contribution in [0.5, 0.6) is 0 Å². The molecule has 1 fully saturated rings. The van der Waals surface area contributed by atoms with E-state index in [1.807, 2.05) is 0 Å². The van der Waals surface area contributed by atoms with E-state index in [1.165, 1.54) is 17.1 Å². The second-order valence-corrected chi connectivity index (χ2v) is 3.55. The van der Waals surface area contributed by atoms with Gasteiger partial charge in [-0.15, -0.1) is 0 Å². The van der Waals surface area contributed by atoms with Crippen LogP contribution < -0.4 is 10.6 Å². The Kier molecular flexibility index (Phi) is 2.43. The fourth-order valence-corrected chi connectivity index (χ4v) is 1.45. The summed E-state index contributed by atoms with van der Waals surface area (Å²) in [5.74, 6) is -1.26. The highest BCUT2D eigenvalue weighted by Crippen LogP contribution is 2.03. The Morgan fingerprint density at radius 1 is 1.62 bits per heavy atom. The van der Waals surface area contributed by atoms with Gasteiger partial charge in [0.15, 0.2) is 0 Å². The number of carbonyl (C=O) groups is 3. The van der Waals surface area contributed by atoms with Crippen LogP contribution >= 0.6 is 0 Å². The van der Waals surface area contributed by atoms with Crippen molar-refractivity contribution in [3.63, 3.8) is 0 Å². The summed E-state index contributed by atoms with van der Waals surface area (Å²) in [5.41, 5.74) is 0.356. The van der Waals surface area contributed by atoms with E-state index >= 15 is 0 Å². The van der Waals surface area contributed by atoms with E-state index in [4.69, 9.17) is 0 Å². The number of aromatic nitrogens is 2. The highest BCUT2D eigenvalue weighted by atomic mass is 16.2. The first-order chi connectivity index (χ1) is 7.56. The minimum Gasteiger partial charge on any atom is -0.340 e. The summed E-state index contributed by atoms with van der Waals surface area (Å²) in [5, 5.41) is 8.41. The lowest BCUT2D eigenvalue weighted by Crippen LogP contribution is -2.40. The SMILES string of the molecule is Cn1cc(C(=O)NC2CC(=O)NC2=O)cn1. The maximum Gasteiger partial charge on any atom is 0.255 e. The van der Waals surface area contributed by atoms with Crippen LogP contribution in [0, 0.1) is 0 Å². The number of rotatable bonds is 2. The molecule has 7 nitrogen and oxygen atoms in total. The molecule has 1 aromatic heterocycles. The molecule has 1 atom stereocenters. The molecular formula is C9H10N4O3. The lowest BCUT2D eigenvalue weighted by molar-refractivity contribution is -0.125. The number of imide groups is 1. The molecule has 0 aromatic carbocycles. The summed E-state index contributed by atoms with van der Waals surface area (Å²) < 4.78 is 1.48. The minimum absolute atomic E-state index is 0.00909. The van der Waals surface area contributed by atoms with E-state index in [9.17, 15) is 14.4 Å². The van der Waals surface area contributed by atoms with Gasteiger partial charge in [0.05, 0.1) is 18.2 Å². The molecule has 1 aliphatic heterocycles. The Bertz CT molecular complexity index is 465.